The number of hydrogen-bond acceptors (Lipinski definition) is 3. The van der Waals surface area contributed by atoms with Crippen LogP contribution in [-0.2, 0) is 13.0 Å². The van der Waals surface area contributed by atoms with Gasteiger partial charge in [-0.1, -0.05) is 6.07 Å². The highest BCUT2D eigenvalue weighted by molar-refractivity contribution is 5.19. The minimum Gasteiger partial charge on any atom is -0.311 e. The first-order valence-electron chi connectivity index (χ1n) is 8.90. The van der Waals surface area contributed by atoms with Crippen molar-refractivity contribution < 1.29 is 8.78 Å². The van der Waals surface area contributed by atoms with Gasteiger partial charge >= 0.3 is 5.69 Å². The van der Waals surface area contributed by atoms with Crippen molar-refractivity contribution in [1.82, 2.24) is 14.9 Å². The molecule has 1 saturated heterocycles. The highest BCUT2D eigenvalue weighted by Crippen LogP contribution is 2.23. The number of rotatable bonds is 5. The van der Waals surface area contributed by atoms with E-state index < -0.39 is 17.3 Å². The quantitative estimate of drug-likeness (QED) is 0.858. The van der Waals surface area contributed by atoms with E-state index in [0.717, 1.165) is 38.4 Å². The molecule has 7 heteroatoms. The molecule has 5 nitrogen and oxygen atoms in total. The van der Waals surface area contributed by atoms with Crippen molar-refractivity contribution >= 4 is 0 Å². The Balaban J connectivity index is 1.61. The molecule has 0 radical (unpaired) electrons. The van der Waals surface area contributed by atoms with Gasteiger partial charge in [-0.05, 0) is 56.7 Å². The van der Waals surface area contributed by atoms with Crippen molar-refractivity contribution in [1.29, 1.82) is 0 Å². The summed E-state index contributed by atoms with van der Waals surface area (Å²) in [7, 11) is 0. The molecule has 140 valence electrons. The number of aromatic nitrogens is 2. The van der Waals surface area contributed by atoms with Gasteiger partial charge in [0.15, 0.2) is 0 Å². The molecule has 1 aromatic carbocycles. The van der Waals surface area contributed by atoms with Crippen LogP contribution in [-0.4, -0.2) is 28.0 Å². The Labute approximate surface area is 150 Å². The molecule has 1 aliphatic heterocycles. The van der Waals surface area contributed by atoms with Crippen molar-refractivity contribution in [3.63, 3.8) is 0 Å². The van der Waals surface area contributed by atoms with Crippen LogP contribution in [0.25, 0.3) is 0 Å². The van der Waals surface area contributed by atoms with Gasteiger partial charge in [-0.3, -0.25) is 14.7 Å². The molecule has 0 unspecified atom stereocenters. The fraction of sp³-hybridized carbons (Fsp3) is 0.474. The molecule has 2 heterocycles. The Morgan fingerprint density at radius 2 is 2.04 bits per heavy atom. The van der Waals surface area contributed by atoms with Gasteiger partial charge in [0, 0.05) is 24.8 Å². The van der Waals surface area contributed by atoms with Gasteiger partial charge < -0.3 is 4.98 Å². The maximum atomic E-state index is 13.8. The molecule has 0 aliphatic carbocycles. The predicted molar refractivity (Wildman–Crippen MR) is 95.1 cm³/mol. The molecule has 0 spiro atoms. The number of piperidine rings is 1. The molecular formula is C19H23F2N3O2. The normalized spacial score (nSPS) is 18.2. The SMILES string of the molecule is Cc1[nH]c(=O)[nH]c(=O)c1CN1CCC[C@H](CCc2ccc(F)cc2F)C1. The van der Waals surface area contributed by atoms with Gasteiger partial charge in [0.1, 0.15) is 11.6 Å². The van der Waals surface area contributed by atoms with Crippen LogP contribution in [0.5, 0.6) is 0 Å². The number of nitrogens with one attached hydrogen (secondary N) is 2. The lowest BCUT2D eigenvalue weighted by Gasteiger charge is -2.32. The largest absolute Gasteiger partial charge is 0.325 e. The van der Waals surface area contributed by atoms with Crippen LogP contribution in [0.15, 0.2) is 27.8 Å². The minimum absolute atomic E-state index is 0.346. The molecule has 1 aromatic heterocycles. The Morgan fingerprint density at radius 1 is 1.23 bits per heavy atom. The molecule has 1 fully saturated rings. The summed E-state index contributed by atoms with van der Waals surface area (Å²) in [4.78, 5) is 30.4. The molecule has 0 bridgehead atoms. The van der Waals surface area contributed by atoms with E-state index in [1.165, 1.54) is 12.1 Å². The molecule has 1 aliphatic rings. The van der Waals surface area contributed by atoms with Crippen LogP contribution in [0.2, 0.25) is 0 Å². The second kappa shape index (κ2) is 7.95. The first kappa shape index (κ1) is 18.5. The summed E-state index contributed by atoms with van der Waals surface area (Å²) in [6, 6.07) is 3.72. The third-order valence-electron chi connectivity index (χ3n) is 5.08. The van der Waals surface area contributed by atoms with Gasteiger partial charge in [0.25, 0.3) is 5.56 Å². The third kappa shape index (κ3) is 4.46. The van der Waals surface area contributed by atoms with Crippen LogP contribution in [0.4, 0.5) is 8.78 Å². The van der Waals surface area contributed by atoms with Gasteiger partial charge in [-0.25, -0.2) is 13.6 Å². The molecule has 2 N–H and O–H groups in total. The Hall–Kier alpha value is -2.28. The lowest BCUT2D eigenvalue weighted by atomic mass is 9.91. The van der Waals surface area contributed by atoms with Crippen molar-refractivity contribution in [2.24, 2.45) is 5.92 Å². The van der Waals surface area contributed by atoms with Crippen LogP contribution in [0.3, 0.4) is 0 Å². The van der Waals surface area contributed by atoms with Crippen LogP contribution >= 0.6 is 0 Å². The number of nitrogens with zero attached hydrogens (tertiary/aromatic N) is 1. The molecule has 1 atom stereocenters. The molecule has 2 aromatic rings. The van der Waals surface area contributed by atoms with E-state index in [4.69, 9.17) is 0 Å². The second-order valence-corrected chi connectivity index (χ2v) is 7.03. The molecule has 3 rings (SSSR count). The van der Waals surface area contributed by atoms with Gasteiger partial charge in [-0.15, -0.1) is 0 Å². The van der Waals surface area contributed by atoms with E-state index >= 15 is 0 Å². The number of aryl methyl sites for hydroxylation is 2. The van der Waals surface area contributed by atoms with E-state index in [1.54, 1.807) is 6.92 Å². The lowest BCUT2D eigenvalue weighted by molar-refractivity contribution is 0.160. The third-order valence-corrected chi connectivity index (χ3v) is 5.08. The fourth-order valence-corrected chi connectivity index (χ4v) is 3.65. The summed E-state index contributed by atoms with van der Waals surface area (Å²) < 4.78 is 26.8. The number of likely N-dealkylation sites (tertiary alicyclic amines) is 1. The topological polar surface area (TPSA) is 69.0 Å². The predicted octanol–water partition coefficient (Wildman–Crippen LogP) is 2.49. The van der Waals surface area contributed by atoms with Crippen LogP contribution in [0, 0.1) is 24.5 Å². The monoisotopic (exact) mass is 363 g/mol. The summed E-state index contributed by atoms with van der Waals surface area (Å²) in [5.74, 6) is -0.653. The van der Waals surface area contributed by atoms with Crippen molar-refractivity contribution in [2.75, 3.05) is 13.1 Å². The fourth-order valence-electron chi connectivity index (χ4n) is 3.65. The first-order chi connectivity index (χ1) is 12.4. The molecular weight excluding hydrogens is 340 g/mol. The smallest absolute Gasteiger partial charge is 0.311 e. The van der Waals surface area contributed by atoms with Crippen molar-refractivity contribution in [3.8, 4) is 0 Å². The molecule has 26 heavy (non-hydrogen) atoms. The second-order valence-electron chi connectivity index (χ2n) is 7.03. The van der Waals surface area contributed by atoms with E-state index in [2.05, 4.69) is 14.9 Å². The van der Waals surface area contributed by atoms with E-state index in [-0.39, 0.29) is 5.56 Å². The maximum absolute atomic E-state index is 13.8. The Bertz CT molecular complexity index is 891. The van der Waals surface area contributed by atoms with E-state index in [0.29, 0.717) is 35.7 Å². The van der Waals surface area contributed by atoms with Crippen LogP contribution < -0.4 is 11.2 Å². The Morgan fingerprint density at radius 3 is 2.77 bits per heavy atom. The van der Waals surface area contributed by atoms with Crippen LogP contribution in [0.1, 0.15) is 36.1 Å². The zero-order valence-electron chi connectivity index (χ0n) is 14.8. The summed E-state index contributed by atoms with van der Waals surface area (Å²) in [6.45, 7) is 3.92. The zero-order chi connectivity index (χ0) is 18.7. The highest BCUT2D eigenvalue weighted by atomic mass is 19.1. The highest BCUT2D eigenvalue weighted by Gasteiger charge is 2.22. The van der Waals surface area contributed by atoms with Crippen molar-refractivity contribution in [3.05, 3.63) is 67.5 Å². The number of H-pyrrole nitrogens is 2. The molecule has 0 amide bonds. The van der Waals surface area contributed by atoms with Crippen molar-refractivity contribution in [2.45, 2.75) is 39.2 Å². The number of hydrogen-bond donors (Lipinski definition) is 2. The van der Waals surface area contributed by atoms with Gasteiger partial charge in [0.2, 0.25) is 0 Å². The summed E-state index contributed by atoms with van der Waals surface area (Å²) in [6.07, 6.45) is 3.46. The van der Waals surface area contributed by atoms with Gasteiger partial charge in [0.05, 0.1) is 5.56 Å². The average molecular weight is 363 g/mol. The first-order valence-corrected chi connectivity index (χ1v) is 8.90. The number of benzene rings is 1. The standard InChI is InChI=1S/C19H23F2N3O2/c1-12-16(18(25)23-19(26)22-12)11-24-8-2-3-13(10-24)4-5-14-6-7-15(20)9-17(14)21/h6-7,9,13H,2-5,8,10-11H2,1H3,(H2,22,23,25,26)/t13-/m1/s1. The minimum atomic E-state index is -0.559. The average Bonchev–Trinajstić information content (AvgIpc) is 2.58. The van der Waals surface area contributed by atoms with E-state index in [9.17, 15) is 18.4 Å². The molecule has 0 saturated carbocycles. The van der Waals surface area contributed by atoms with E-state index in [1.807, 2.05) is 0 Å². The summed E-state index contributed by atoms with van der Waals surface area (Å²) in [5, 5.41) is 0. The zero-order valence-corrected chi connectivity index (χ0v) is 14.8. The maximum Gasteiger partial charge on any atom is 0.325 e. The van der Waals surface area contributed by atoms with Gasteiger partial charge in [-0.2, -0.15) is 0 Å². The number of aromatic amines is 2. The lowest BCUT2D eigenvalue weighted by Crippen LogP contribution is -2.38. The Kier molecular flexibility index (Phi) is 5.66. The summed E-state index contributed by atoms with van der Waals surface area (Å²) in [5.41, 5.74) is 0.872. The summed E-state index contributed by atoms with van der Waals surface area (Å²) >= 11 is 0. The number of halogens is 2.